The van der Waals surface area contributed by atoms with Crippen LogP contribution in [-0.4, -0.2) is 25.2 Å². The molecule has 1 aromatic carbocycles. The van der Waals surface area contributed by atoms with Crippen molar-refractivity contribution >= 4 is 6.03 Å². The van der Waals surface area contributed by atoms with Crippen molar-refractivity contribution in [3.63, 3.8) is 0 Å². The molecule has 122 valence electrons. The summed E-state index contributed by atoms with van der Waals surface area (Å²) in [7, 11) is 3.19. The first-order valence-electron chi connectivity index (χ1n) is 7.29. The Hall–Kier alpha value is -2.76. The molecule has 6 heteroatoms. The number of pyridine rings is 1. The van der Waals surface area contributed by atoms with Crippen molar-refractivity contribution in [2.24, 2.45) is 0 Å². The zero-order valence-electron chi connectivity index (χ0n) is 13.5. The van der Waals surface area contributed by atoms with Gasteiger partial charge in [-0.2, -0.15) is 0 Å². The molecule has 0 aliphatic rings. The number of methoxy groups -OCH3 is 2. The molecule has 1 atom stereocenters. The van der Waals surface area contributed by atoms with Crippen molar-refractivity contribution in [2.75, 3.05) is 14.2 Å². The summed E-state index contributed by atoms with van der Waals surface area (Å²) in [5.74, 6) is 1.38. The Labute approximate surface area is 135 Å². The number of rotatable bonds is 6. The monoisotopic (exact) mass is 315 g/mol. The van der Waals surface area contributed by atoms with Gasteiger partial charge in [-0.1, -0.05) is 0 Å². The quantitative estimate of drug-likeness (QED) is 0.859. The normalized spacial score (nSPS) is 11.4. The topological polar surface area (TPSA) is 72.5 Å². The average molecular weight is 315 g/mol. The third-order valence-electron chi connectivity index (χ3n) is 3.49. The van der Waals surface area contributed by atoms with Crippen molar-refractivity contribution in [2.45, 2.75) is 19.5 Å². The molecule has 0 aliphatic heterocycles. The number of benzene rings is 1. The van der Waals surface area contributed by atoms with E-state index in [9.17, 15) is 4.79 Å². The maximum Gasteiger partial charge on any atom is 0.315 e. The van der Waals surface area contributed by atoms with Crippen LogP contribution in [0.2, 0.25) is 0 Å². The Kier molecular flexibility index (Phi) is 5.80. The lowest BCUT2D eigenvalue weighted by atomic mass is 10.1. The number of amides is 2. The summed E-state index contributed by atoms with van der Waals surface area (Å²) in [5.41, 5.74) is 1.87. The molecule has 2 aromatic rings. The molecule has 2 N–H and O–H groups in total. The van der Waals surface area contributed by atoms with E-state index in [0.717, 1.165) is 11.1 Å². The van der Waals surface area contributed by atoms with Crippen LogP contribution < -0.4 is 20.1 Å². The molecule has 1 unspecified atom stereocenters. The van der Waals surface area contributed by atoms with E-state index < -0.39 is 0 Å². The van der Waals surface area contributed by atoms with E-state index in [1.807, 2.05) is 31.2 Å². The van der Waals surface area contributed by atoms with Gasteiger partial charge in [0.25, 0.3) is 0 Å². The first-order chi connectivity index (χ1) is 11.1. The van der Waals surface area contributed by atoms with Gasteiger partial charge in [0.2, 0.25) is 0 Å². The number of urea groups is 1. The zero-order chi connectivity index (χ0) is 16.7. The maximum absolute atomic E-state index is 12.0. The lowest BCUT2D eigenvalue weighted by molar-refractivity contribution is 0.237. The molecule has 0 saturated heterocycles. The highest BCUT2D eigenvalue weighted by atomic mass is 16.5. The van der Waals surface area contributed by atoms with Crippen molar-refractivity contribution in [3.8, 4) is 11.5 Å². The molecule has 0 spiro atoms. The third-order valence-corrected chi connectivity index (χ3v) is 3.49. The van der Waals surface area contributed by atoms with Gasteiger partial charge < -0.3 is 20.1 Å². The highest BCUT2D eigenvalue weighted by molar-refractivity contribution is 5.74. The van der Waals surface area contributed by atoms with Gasteiger partial charge >= 0.3 is 6.03 Å². The van der Waals surface area contributed by atoms with Gasteiger partial charge in [0.1, 0.15) is 11.5 Å². The Balaban J connectivity index is 1.92. The van der Waals surface area contributed by atoms with Gasteiger partial charge in [0.05, 0.1) is 20.3 Å². The highest BCUT2D eigenvalue weighted by Crippen LogP contribution is 2.24. The lowest BCUT2D eigenvalue weighted by Crippen LogP contribution is -2.36. The summed E-state index contributed by atoms with van der Waals surface area (Å²) < 4.78 is 10.5. The second kappa shape index (κ2) is 8.03. The smallest absolute Gasteiger partial charge is 0.315 e. The van der Waals surface area contributed by atoms with Crippen molar-refractivity contribution in [1.82, 2.24) is 15.6 Å². The molecule has 0 aliphatic carbocycles. The number of carbonyl (C=O) groups is 1. The van der Waals surface area contributed by atoms with Crippen LogP contribution in [0.15, 0.2) is 42.7 Å². The molecular formula is C17H21N3O3. The Bertz CT molecular complexity index is 647. The van der Waals surface area contributed by atoms with E-state index in [4.69, 9.17) is 9.47 Å². The summed E-state index contributed by atoms with van der Waals surface area (Å²) in [6, 6.07) is 8.88. The van der Waals surface area contributed by atoms with Crippen molar-refractivity contribution in [3.05, 3.63) is 53.9 Å². The fourth-order valence-corrected chi connectivity index (χ4v) is 2.16. The number of hydrogen-bond donors (Lipinski definition) is 2. The second-order valence-electron chi connectivity index (χ2n) is 5.01. The molecule has 1 heterocycles. The Morgan fingerprint density at radius 3 is 2.57 bits per heavy atom. The van der Waals surface area contributed by atoms with Crippen LogP contribution in [0.4, 0.5) is 4.79 Å². The maximum atomic E-state index is 12.0. The van der Waals surface area contributed by atoms with Crippen LogP contribution in [0.25, 0.3) is 0 Å². The van der Waals surface area contributed by atoms with Gasteiger partial charge in [-0.3, -0.25) is 4.98 Å². The van der Waals surface area contributed by atoms with Crippen LogP contribution in [0.1, 0.15) is 24.1 Å². The Morgan fingerprint density at radius 2 is 1.91 bits per heavy atom. The van der Waals surface area contributed by atoms with Gasteiger partial charge in [0, 0.05) is 30.6 Å². The van der Waals surface area contributed by atoms with E-state index in [1.165, 1.54) is 0 Å². The van der Waals surface area contributed by atoms with Crippen LogP contribution in [-0.2, 0) is 6.54 Å². The first-order valence-corrected chi connectivity index (χ1v) is 7.29. The highest BCUT2D eigenvalue weighted by Gasteiger charge is 2.10. The molecule has 0 fully saturated rings. The van der Waals surface area contributed by atoms with Crippen LogP contribution >= 0.6 is 0 Å². The van der Waals surface area contributed by atoms with E-state index >= 15 is 0 Å². The van der Waals surface area contributed by atoms with Crippen LogP contribution in [0, 0.1) is 0 Å². The molecule has 0 radical (unpaired) electrons. The number of nitrogens with one attached hydrogen (secondary N) is 2. The molecule has 0 bridgehead atoms. The first kappa shape index (κ1) is 16.6. The minimum atomic E-state index is -0.243. The van der Waals surface area contributed by atoms with E-state index in [-0.39, 0.29) is 12.1 Å². The van der Waals surface area contributed by atoms with Crippen LogP contribution in [0.5, 0.6) is 11.5 Å². The predicted octanol–water partition coefficient (Wildman–Crippen LogP) is 2.66. The largest absolute Gasteiger partial charge is 0.497 e. The predicted molar refractivity (Wildman–Crippen MR) is 87.6 cm³/mol. The second-order valence-corrected chi connectivity index (χ2v) is 5.01. The molecule has 2 amide bonds. The summed E-state index contributed by atoms with van der Waals surface area (Å²) in [6.45, 7) is 2.28. The van der Waals surface area contributed by atoms with Gasteiger partial charge in [-0.05, 0) is 36.8 Å². The summed E-state index contributed by atoms with van der Waals surface area (Å²) in [5, 5.41) is 5.71. The summed E-state index contributed by atoms with van der Waals surface area (Å²) >= 11 is 0. The Morgan fingerprint density at radius 1 is 1.17 bits per heavy atom. The molecular weight excluding hydrogens is 294 g/mol. The third kappa shape index (κ3) is 4.60. The van der Waals surface area contributed by atoms with Gasteiger partial charge in [-0.15, -0.1) is 0 Å². The lowest BCUT2D eigenvalue weighted by Gasteiger charge is -2.16. The fraction of sp³-hybridized carbons (Fsp3) is 0.294. The van der Waals surface area contributed by atoms with E-state index in [2.05, 4.69) is 15.6 Å². The standard InChI is InChI=1S/C17H21N3O3/c1-12(13-6-8-18-9-7-13)20-17(21)19-11-14-4-5-15(22-2)10-16(14)23-3/h4-10,12H,11H2,1-3H3,(H2,19,20,21). The number of aromatic nitrogens is 1. The zero-order valence-corrected chi connectivity index (χ0v) is 13.5. The minimum absolute atomic E-state index is 0.101. The number of nitrogens with zero attached hydrogens (tertiary/aromatic N) is 1. The number of ether oxygens (including phenoxy) is 2. The SMILES string of the molecule is COc1ccc(CNC(=O)NC(C)c2ccncc2)c(OC)c1. The minimum Gasteiger partial charge on any atom is -0.497 e. The average Bonchev–Trinajstić information content (AvgIpc) is 2.60. The van der Waals surface area contributed by atoms with Crippen molar-refractivity contribution < 1.29 is 14.3 Å². The van der Waals surface area contributed by atoms with Gasteiger partial charge in [0.15, 0.2) is 0 Å². The number of carbonyl (C=O) groups excluding carboxylic acids is 1. The van der Waals surface area contributed by atoms with Crippen molar-refractivity contribution in [1.29, 1.82) is 0 Å². The fourth-order valence-electron chi connectivity index (χ4n) is 2.16. The molecule has 1 aromatic heterocycles. The molecule has 23 heavy (non-hydrogen) atoms. The molecule has 2 rings (SSSR count). The molecule has 0 saturated carbocycles. The summed E-state index contributed by atoms with van der Waals surface area (Å²) in [4.78, 5) is 16.0. The van der Waals surface area contributed by atoms with E-state index in [1.54, 1.807) is 32.7 Å². The van der Waals surface area contributed by atoms with E-state index in [0.29, 0.717) is 18.0 Å². The van der Waals surface area contributed by atoms with Crippen LogP contribution in [0.3, 0.4) is 0 Å². The summed E-state index contributed by atoms with van der Waals surface area (Å²) in [6.07, 6.45) is 3.40. The van der Waals surface area contributed by atoms with Gasteiger partial charge in [-0.25, -0.2) is 4.79 Å². The molecule has 6 nitrogen and oxygen atoms in total. The number of hydrogen-bond acceptors (Lipinski definition) is 4.